The highest BCUT2D eigenvalue weighted by Crippen LogP contribution is 2.36. The van der Waals surface area contributed by atoms with Gasteiger partial charge < -0.3 is 0 Å². The number of halogens is 1. The summed E-state index contributed by atoms with van der Waals surface area (Å²) in [5.41, 5.74) is 0.941. The van der Waals surface area contributed by atoms with E-state index in [-0.39, 0.29) is 0 Å². The van der Waals surface area contributed by atoms with Crippen molar-refractivity contribution in [3.63, 3.8) is 0 Å². The van der Waals surface area contributed by atoms with Gasteiger partial charge in [-0.3, -0.25) is 0 Å². The van der Waals surface area contributed by atoms with E-state index in [1.165, 1.54) is 12.8 Å². The van der Waals surface area contributed by atoms with E-state index in [2.05, 4.69) is 50.5 Å². The van der Waals surface area contributed by atoms with Crippen molar-refractivity contribution in [3.8, 4) is 0 Å². The van der Waals surface area contributed by atoms with Gasteiger partial charge in [-0.1, -0.05) is 57.0 Å². The normalized spacial score (nSPS) is 13.6. The van der Waals surface area contributed by atoms with Crippen molar-refractivity contribution < 1.29 is 0 Å². The Hall–Kier alpha value is 0.480. The van der Waals surface area contributed by atoms with Crippen LogP contribution in [0.3, 0.4) is 0 Å². The molecule has 0 nitrogen and oxygen atoms in total. The molecule has 0 aromatic heterocycles. The maximum Gasteiger partial charge on any atom is 0.00828 e. The molecule has 0 aliphatic carbocycles. The Bertz CT molecular complexity index is 100. The van der Waals surface area contributed by atoms with Crippen LogP contribution in [0.5, 0.6) is 0 Å². The summed E-state index contributed by atoms with van der Waals surface area (Å²) in [5, 5.41) is 1.10. The molecule has 0 aliphatic heterocycles. The standard InChI is InChI=1S/C10H21Br/c1-6-9(2,3)7-10(4,5)8-11/h6-8H2,1-5H3. The van der Waals surface area contributed by atoms with Gasteiger partial charge in [0.25, 0.3) is 0 Å². The highest BCUT2D eigenvalue weighted by molar-refractivity contribution is 9.09. The number of rotatable bonds is 4. The van der Waals surface area contributed by atoms with Crippen LogP contribution in [0.1, 0.15) is 47.5 Å². The second-order valence-corrected chi connectivity index (χ2v) is 5.55. The minimum atomic E-state index is 0.444. The van der Waals surface area contributed by atoms with Crippen LogP contribution in [0, 0.1) is 10.8 Å². The van der Waals surface area contributed by atoms with Gasteiger partial charge in [-0.2, -0.15) is 0 Å². The van der Waals surface area contributed by atoms with Gasteiger partial charge in [0.15, 0.2) is 0 Å². The third-order valence-corrected chi connectivity index (χ3v) is 3.79. The van der Waals surface area contributed by atoms with Crippen molar-refractivity contribution in [2.45, 2.75) is 47.5 Å². The molecule has 0 radical (unpaired) electrons. The van der Waals surface area contributed by atoms with Gasteiger partial charge in [0, 0.05) is 5.33 Å². The zero-order valence-corrected chi connectivity index (χ0v) is 10.1. The summed E-state index contributed by atoms with van der Waals surface area (Å²) in [6.45, 7) is 11.6. The molecule has 0 atom stereocenters. The highest BCUT2D eigenvalue weighted by atomic mass is 79.9. The largest absolute Gasteiger partial charge is 0.0922 e. The van der Waals surface area contributed by atoms with Crippen molar-refractivity contribution in [3.05, 3.63) is 0 Å². The van der Waals surface area contributed by atoms with E-state index in [0.717, 1.165) is 5.33 Å². The van der Waals surface area contributed by atoms with E-state index in [1.807, 2.05) is 0 Å². The van der Waals surface area contributed by atoms with E-state index in [0.29, 0.717) is 10.8 Å². The van der Waals surface area contributed by atoms with Gasteiger partial charge in [0.1, 0.15) is 0 Å². The Morgan fingerprint density at radius 1 is 1.00 bits per heavy atom. The molecule has 0 saturated carbocycles. The molecular weight excluding hydrogens is 200 g/mol. The molecule has 0 aromatic rings. The minimum Gasteiger partial charge on any atom is -0.0922 e. The van der Waals surface area contributed by atoms with Gasteiger partial charge in [0.2, 0.25) is 0 Å². The second kappa shape index (κ2) is 3.93. The SMILES string of the molecule is CCC(C)(C)CC(C)(C)CBr. The Morgan fingerprint density at radius 3 is 1.73 bits per heavy atom. The Balaban J connectivity index is 4.02. The first-order chi connectivity index (χ1) is 4.83. The van der Waals surface area contributed by atoms with E-state index >= 15 is 0 Å². The average molecular weight is 221 g/mol. The molecule has 0 spiro atoms. The minimum absolute atomic E-state index is 0.444. The molecule has 1 heteroatoms. The Labute approximate surface area is 79.9 Å². The molecule has 0 N–H and O–H groups in total. The molecule has 0 saturated heterocycles. The van der Waals surface area contributed by atoms with Crippen LogP contribution in [-0.2, 0) is 0 Å². The van der Waals surface area contributed by atoms with Crippen LogP contribution < -0.4 is 0 Å². The summed E-state index contributed by atoms with van der Waals surface area (Å²) in [6.07, 6.45) is 2.56. The first-order valence-corrected chi connectivity index (χ1v) is 5.51. The topological polar surface area (TPSA) is 0 Å². The molecule has 0 heterocycles. The molecule has 0 unspecified atom stereocenters. The zero-order valence-electron chi connectivity index (χ0n) is 8.50. The lowest BCUT2D eigenvalue weighted by molar-refractivity contribution is 0.211. The fourth-order valence-electron chi connectivity index (χ4n) is 1.47. The summed E-state index contributed by atoms with van der Waals surface area (Å²) in [4.78, 5) is 0. The monoisotopic (exact) mass is 220 g/mol. The molecule has 0 amide bonds. The van der Waals surface area contributed by atoms with Crippen LogP contribution in [0.25, 0.3) is 0 Å². The lowest BCUT2D eigenvalue weighted by Crippen LogP contribution is -2.23. The van der Waals surface area contributed by atoms with Gasteiger partial charge in [-0.15, -0.1) is 0 Å². The summed E-state index contributed by atoms with van der Waals surface area (Å²) >= 11 is 3.55. The van der Waals surface area contributed by atoms with E-state index in [9.17, 15) is 0 Å². The first-order valence-electron chi connectivity index (χ1n) is 4.39. The molecule has 0 aliphatic rings. The van der Waals surface area contributed by atoms with E-state index < -0.39 is 0 Å². The molecule has 0 aromatic carbocycles. The lowest BCUT2D eigenvalue weighted by atomic mass is 9.75. The van der Waals surface area contributed by atoms with Crippen molar-refractivity contribution in [2.75, 3.05) is 5.33 Å². The summed E-state index contributed by atoms with van der Waals surface area (Å²) < 4.78 is 0. The van der Waals surface area contributed by atoms with Crippen molar-refractivity contribution in [1.82, 2.24) is 0 Å². The van der Waals surface area contributed by atoms with Crippen LogP contribution >= 0.6 is 15.9 Å². The third kappa shape index (κ3) is 4.84. The fourth-order valence-corrected chi connectivity index (χ4v) is 1.67. The lowest BCUT2D eigenvalue weighted by Gasteiger charge is -2.32. The molecule has 0 fully saturated rings. The Kier molecular flexibility index (Phi) is 4.10. The van der Waals surface area contributed by atoms with Crippen molar-refractivity contribution >= 4 is 15.9 Å². The number of hydrogen-bond acceptors (Lipinski definition) is 0. The Morgan fingerprint density at radius 2 is 1.45 bits per heavy atom. The highest BCUT2D eigenvalue weighted by Gasteiger charge is 2.26. The van der Waals surface area contributed by atoms with Crippen LogP contribution in [0.4, 0.5) is 0 Å². The first kappa shape index (κ1) is 11.5. The molecule has 68 valence electrons. The van der Waals surface area contributed by atoms with Crippen LogP contribution in [-0.4, -0.2) is 5.33 Å². The predicted octanol–water partition coefficient (Wildman–Crippen LogP) is 4.23. The average Bonchev–Trinajstić information content (AvgIpc) is 1.86. The molecular formula is C10H21Br. The van der Waals surface area contributed by atoms with Gasteiger partial charge in [-0.25, -0.2) is 0 Å². The zero-order chi connectivity index (χ0) is 9.12. The van der Waals surface area contributed by atoms with Crippen molar-refractivity contribution in [1.29, 1.82) is 0 Å². The van der Waals surface area contributed by atoms with Gasteiger partial charge in [-0.05, 0) is 17.3 Å². The van der Waals surface area contributed by atoms with Gasteiger partial charge >= 0.3 is 0 Å². The third-order valence-electron chi connectivity index (χ3n) is 2.28. The smallest absolute Gasteiger partial charge is 0.00828 e. The summed E-state index contributed by atoms with van der Waals surface area (Å²) in [5.74, 6) is 0. The van der Waals surface area contributed by atoms with Crippen molar-refractivity contribution in [2.24, 2.45) is 10.8 Å². The summed E-state index contributed by atoms with van der Waals surface area (Å²) in [6, 6.07) is 0. The quantitative estimate of drug-likeness (QED) is 0.623. The van der Waals surface area contributed by atoms with E-state index in [1.54, 1.807) is 0 Å². The van der Waals surface area contributed by atoms with Crippen LogP contribution in [0.2, 0.25) is 0 Å². The fraction of sp³-hybridized carbons (Fsp3) is 1.00. The molecule has 0 rings (SSSR count). The van der Waals surface area contributed by atoms with E-state index in [4.69, 9.17) is 0 Å². The van der Waals surface area contributed by atoms with Crippen LogP contribution in [0.15, 0.2) is 0 Å². The number of hydrogen-bond donors (Lipinski definition) is 0. The molecule has 0 bridgehead atoms. The number of alkyl halides is 1. The second-order valence-electron chi connectivity index (χ2n) is 4.99. The summed E-state index contributed by atoms with van der Waals surface area (Å²) in [7, 11) is 0. The predicted molar refractivity (Wildman–Crippen MR) is 56.3 cm³/mol. The molecule has 11 heavy (non-hydrogen) atoms. The maximum absolute atomic E-state index is 3.55. The van der Waals surface area contributed by atoms with Gasteiger partial charge in [0.05, 0.1) is 0 Å². The maximum atomic E-state index is 3.55.